The third kappa shape index (κ3) is 8.53. The Labute approximate surface area is 175 Å². The molecule has 3 amide bonds. The smallest absolute Gasteiger partial charge is 0.322 e. The van der Waals surface area contributed by atoms with Gasteiger partial charge in [0, 0.05) is 12.2 Å². The van der Waals surface area contributed by atoms with Crippen LogP contribution in [0.3, 0.4) is 0 Å². The van der Waals surface area contributed by atoms with Crippen molar-refractivity contribution in [3.63, 3.8) is 0 Å². The first kappa shape index (κ1) is 24.4. The van der Waals surface area contributed by atoms with Crippen LogP contribution in [0.4, 0.5) is 0 Å². The molecule has 0 heterocycles. The zero-order valence-electron chi connectivity index (χ0n) is 16.4. The first-order valence-corrected chi connectivity index (χ1v) is 9.79. The number of hydrogen-bond acceptors (Lipinski definition) is 6. The molecular formula is C19H28N4O5S. The average Bonchev–Trinajstić information content (AvgIpc) is 2.69. The van der Waals surface area contributed by atoms with Crippen LogP contribution in [-0.4, -0.2) is 59.2 Å². The summed E-state index contributed by atoms with van der Waals surface area (Å²) in [7, 11) is 0. The lowest BCUT2D eigenvalue weighted by Gasteiger charge is -2.26. The zero-order chi connectivity index (χ0) is 22.0. The van der Waals surface area contributed by atoms with Gasteiger partial charge < -0.3 is 26.8 Å². The van der Waals surface area contributed by atoms with Gasteiger partial charge in [0.25, 0.3) is 0 Å². The van der Waals surface area contributed by atoms with Crippen molar-refractivity contribution in [3.8, 4) is 0 Å². The van der Waals surface area contributed by atoms with Crippen molar-refractivity contribution < 1.29 is 24.3 Å². The molecule has 10 heteroatoms. The molecule has 0 bridgehead atoms. The molecule has 0 saturated carbocycles. The Kier molecular flexibility index (Phi) is 10.2. The molecular weight excluding hydrogens is 396 g/mol. The standard InChI is InChI=1S/C19H28N4O5S/c1-11(2)16(23-17(26)13(20)10-29)19(28)22-14(18(27)21-9-15(24)25)8-12-6-4-3-5-7-12/h3-7,11,13-14,16,29H,8-10,20H2,1-2H3,(H,21,27)(H,22,28)(H,23,26)(H,24,25). The molecule has 9 nitrogen and oxygen atoms in total. The zero-order valence-corrected chi connectivity index (χ0v) is 17.3. The van der Waals surface area contributed by atoms with E-state index in [9.17, 15) is 19.2 Å². The van der Waals surface area contributed by atoms with Crippen LogP contribution >= 0.6 is 12.6 Å². The number of carbonyl (C=O) groups is 4. The Morgan fingerprint density at radius 2 is 1.66 bits per heavy atom. The van der Waals surface area contributed by atoms with Crippen molar-refractivity contribution in [2.45, 2.75) is 38.4 Å². The summed E-state index contributed by atoms with van der Waals surface area (Å²) in [6, 6.07) is 6.18. The first-order chi connectivity index (χ1) is 13.6. The van der Waals surface area contributed by atoms with Crippen LogP contribution in [0.15, 0.2) is 30.3 Å². The van der Waals surface area contributed by atoms with E-state index >= 15 is 0 Å². The maximum atomic E-state index is 12.8. The number of rotatable bonds is 11. The predicted molar refractivity (Wildman–Crippen MR) is 111 cm³/mol. The minimum absolute atomic E-state index is 0.118. The maximum Gasteiger partial charge on any atom is 0.322 e. The fourth-order valence-electron chi connectivity index (χ4n) is 2.48. The van der Waals surface area contributed by atoms with Crippen LogP contribution in [0.1, 0.15) is 19.4 Å². The molecule has 0 aromatic heterocycles. The van der Waals surface area contributed by atoms with E-state index in [0.29, 0.717) is 0 Å². The third-order valence-corrected chi connectivity index (χ3v) is 4.50. The third-order valence-electron chi connectivity index (χ3n) is 4.11. The molecule has 1 rings (SSSR count). The lowest BCUT2D eigenvalue weighted by Crippen LogP contribution is -2.58. The van der Waals surface area contributed by atoms with Crippen LogP contribution < -0.4 is 21.7 Å². The number of carboxylic acids is 1. The number of nitrogens with one attached hydrogen (secondary N) is 3. The topological polar surface area (TPSA) is 151 Å². The van der Waals surface area contributed by atoms with Gasteiger partial charge in [-0.2, -0.15) is 12.6 Å². The number of carbonyl (C=O) groups excluding carboxylic acids is 3. The van der Waals surface area contributed by atoms with Gasteiger partial charge in [-0.15, -0.1) is 0 Å². The van der Waals surface area contributed by atoms with Crippen LogP contribution in [-0.2, 0) is 25.6 Å². The summed E-state index contributed by atoms with van der Waals surface area (Å²) in [6.07, 6.45) is 0.160. The summed E-state index contributed by atoms with van der Waals surface area (Å²) in [5, 5.41) is 16.2. The Balaban J connectivity index is 2.95. The summed E-state index contributed by atoms with van der Waals surface area (Å²) in [6.45, 7) is 2.92. The van der Waals surface area contributed by atoms with E-state index in [2.05, 4.69) is 28.6 Å². The second kappa shape index (κ2) is 12.1. The summed E-state index contributed by atoms with van der Waals surface area (Å²) in [5.74, 6) is -3.07. The van der Waals surface area contributed by atoms with E-state index in [0.717, 1.165) is 5.56 Å². The molecule has 0 aliphatic carbocycles. The molecule has 1 aromatic carbocycles. The molecule has 0 aliphatic rings. The fourth-order valence-corrected chi connectivity index (χ4v) is 2.65. The normalized spacial score (nSPS) is 13.8. The molecule has 0 saturated heterocycles. The molecule has 3 atom stereocenters. The minimum atomic E-state index is -1.20. The Morgan fingerprint density at radius 3 is 2.17 bits per heavy atom. The van der Waals surface area contributed by atoms with Crippen molar-refractivity contribution in [1.29, 1.82) is 0 Å². The number of carboxylic acid groups (broad SMARTS) is 1. The first-order valence-electron chi connectivity index (χ1n) is 9.16. The highest BCUT2D eigenvalue weighted by molar-refractivity contribution is 7.80. The van der Waals surface area contributed by atoms with E-state index in [1.807, 2.05) is 6.07 Å². The van der Waals surface area contributed by atoms with Crippen LogP contribution in [0.5, 0.6) is 0 Å². The molecule has 3 unspecified atom stereocenters. The number of thiol groups is 1. The molecule has 0 aliphatic heterocycles. The molecule has 1 aromatic rings. The van der Waals surface area contributed by atoms with Gasteiger partial charge in [0.15, 0.2) is 0 Å². The molecule has 6 N–H and O–H groups in total. The number of aliphatic carboxylic acids is 1. The summed E-state index contributed by atoms with van der Waals surface area (Å²) in [4.78, 5) is 48.1. The van der Waals surface area contributed by atoms with Crippen molar-refractivity contribution in [1.82, 2.24) is 16.0 Å². The number of benzene rings is 1. The molecule has 29 heavy (non-hydrogen) atoms. The van der Waals surface area contributed by atoms with Gasteiger partial charge in [-0.3, -0.25) is 19.2 Å². The summed E-state index contributed by atoms with van der Waals surface area (Å²) >= 11 is 3.97. The van der Waals surface area contributed by atoms with Crippen molar-refractivity contribution in [3.05, 3.63) is 35.9 Å². The van der Waals surface area contributed by atoms with Crippen molar-refractivity contribution in [2.24, 2.45) is 11.7 Å². The summed E-state index contributed by atoms with van der Waals surface area (Å²) < 4.78 is 0. The Bertz CT molecular complexity index is 714. The van der Waals surface area contributed by atoms with E-state index in [1.54, 1.807) is 38.1 Å². The largest absolute Gasteiger partial charge is 0.480 e. The number of nitrogens with two attached hydrogens (primary N) is 1. The van der Waals surface area contributed by atoms with Crippen molar-refractivity contribution in [2.75, 3.05) is 12.3 Å². The second-order valence-corrected chi connectivity index (χ2v) is 7.25. The quantitative estimate of drug-likeness (QED) is 0.259. The second-order valence-electron chi connectivity index (χ2n) is 6.88. The molecule has 0 radical (unpaired) electrons. The highest BCUT2D eigenvalue weighted by Gasteiger charge is 2.30. The van der Waals surface area contributed by atoms with Gasteiger partial charge in [0.2, 0.25) is 17.7 Å². The fraction of sp³-hybridized carbons (Fsp3) is 0.474. The van der Waals surface area contributed by atoms with Gasteiger partial charge in [0.05, 0.1) is 6.04 Å². The van der Waals surface area contributed by atoms with Crippen molar-refractivity contribution >= 4 is 36.3 Å². The Hall–Kier alpha value is -2.59. The molecule has 160 valence electrons. The van der Waals surface area contributed by atoms with Crippen LogP contribution in [0, 0.1) is 5.92 Å². The lowest BCUT2D eigenvalue weighted by atomic mass is 10.0. The lowest BCUT2D eigenvalue weighted by molar-refractivity contribution is -0.138. The molecule has 0 spiro atoms. The van der Waals surface area contributed by atoms with Crippen LogP contribution in [0.2, 0.25) is 0 Å². The van der Waals surface area contributed by atoms with Gasteiger partial charge in [0.1, 0.15) is 18.6 Å². The number of hydrogen-bond donors (Lipinski definition) is 6. The minimum Gasteiger partial charge on any atom is -0.480 e. The molecule has 0 fully saturated rings. The van der Waals surface area contributed by atoms with Gasteiger partial charge >= 0.3 is 5.97 Å². The highest BCUT2D eigenvalue weighted by Crippen LogP contribution is 2.07. The van der Waals surface area contributed by atoms with Crippen LogP contribution in [0.25, 0.3) is 0 Å². The SMILES string of the molecule is CC(C)C(NC(=O)C(N)CS)C(=O)NC(Cc1ccccc1)C(=O)NCC(=O)O. The van der Waals surface area contributed by atoms with Gasteiger partial charge in [-0.1, -0.05) is 44.2 Å². The summed E-state index contributed by atoms with van der Waals surface area (Å²) in [5.41, 5.74) is 6.43. The van der Waals surface area contributed by atoms with E-state index in [1.165, 1.54) is 0 Å². The van der Waals surface area contributed by atoms with E-state index in [-0.39, 0.29) is 18.1 Å². The van der Waals surface area contributed by atoms with E-state index in [4.69, 9.17) is 10.8 Å². The van der Waals surface area contributed by atoms with E-state index < -0.39 is 48.4 Å². The van der Waals surface area contributed by atoms with Gasteiger partial charge in [-0.05, 0) is 11.5 Å². The Morgan fingerprint density at radius 1 is 1.03 bits per heavy atom. The average molecular weight is 425 g/mol. The maximum absolute atomic E-state index is 12.8. The highest BCUT2D eigenvalue weighted by atomic mass is 32.1. The monoisotopic (exact) mass is 424 g/mol. The predicted octanol–water partition coefficient (Wildman–Crippen LogP) is -0.687. The van der Waals surface area contributed by atoms with Gasteiger partial charge in [-0.25, -0.2) is 0 Å². The number of amides is 3.